The third kappa shape index (κ3) is 1.92. The van der Waals surface area contributed by atoms with E-state index in [0.29, 0.717) is 0 Å². The largest absolute Gasteiger partial charge is 0.336 e. The lowest BCUT2D eigenvalue weighted by atomic mass is 9.84. The molecule has 78 valence electrons. The summed E-state index contributed by atoms with van der Waals surface area (Å²) in [6, 6.07) is 3.77. The summed E-state index contributed by atoms with van der Waals surface area (Å²) in [4.78, 5) is 12.1. The first-order valence-corrected chi connectivity index (χ1v) is 5.55. The molecular weight excluding hydrogens is 242 g/mol. The summed E-state index contributed by atoms with van der Waals surface area (Å²) in [5.41, 5.74) is 0.495. The molecule has 0 amide bonds. The van der Waals surface area contributed by atoms with Gasteiger partial charge in [0.25, 0.3) is 0 Å². The average molecular weight is 258 g/mol. The van der Waals surface area contributed by atoms with Crippen molar-refractivity contribution in [3.63, 3.8) is 0 Å². The van der Waals surface area contributed by atoms with E-state index in [-0.39, 0.29) is 11.2 Å². The van der Waals surface area contributed by atoms with Crippen molar-refractivity contribution in [1.29, 1.82) is 0 Å². The first-order valence-electron chi connectivity index (χ1n) is 4.76. The molecule has 0 N–H and O–H groups in total. The molecule has 0 saturated heterocycles. The number of rotatable bonds is 3. The summed E-state index contributed by atoms with van der Waals surface area (Å²) in [5, 5.41) is 0. The minimum atomic E-state index is -0.272. The number of carbonyl (C=O) groups excluding carboxylic acids is 1. The van der Waals surface area contributed by atoms with Crippen molar-refractivity contribution in [3.05, 3.63) is 22.4 Å². The fourth-order valence-corrected chi connectivity index (χ4v) is 1.54. The van der Waals surface area contributed by atoms with Crippen LogP contribution in [0.1, 0.15) is 37.7 Å². The Hall–Kier alpha value is -0.570. The molecule has 0 spiro atoms. The minimum absolute atomic E-state index is 0.202. The highest BCUT2D eigenvalue weighted by Crippen LogP contribution is 2.27. The maximum atomic E-state index is 12.1. The fraction of sp³-hybridized carbons (Fsp3) is 0.545. The Balaban J connectivity index is 3.07. The lowest BCUT2D eigenvalue weighted by Crippen LogP contribution is -2.25. The molecule has 3 heteroatoms. The van der Waals surface area contributed by atoms with Gasteiger partial charge >= 0.3 is 0 Å². The monoisotopic (exact) mass is 257 g/mol. The molecule has 1 heterocycles. The molecule has 0 unspecified atom stereocenters. The smallest absolute Gasteiger partial charge is 0.184 e. The van der Waals surface area contributed by atoms with Gasteiger partial charge < -0.3 is 4.57 Å². The van der Waals surface area contributed by atoms with E-state index in [9.17, 15) is 4.79 Å². The van der Waals surface area contributed by atoms with Crippen LogP contribution in [0.3, 0.4) is 0 Å². The lowest BCUT2D eigenvalue weighted by molar-refractivity contribution is 0.0824. The van der Waals surface area contributed by atoms with Crippen LogP contribution < -0.4 is 0 Å². The van der Waals surface area contributed by atoms with Crippen molar-refractivity contribution < 1.29 is 4.79 Å². The number of nitrogens with zero attached hydrogens (tertiary/aromatic N) is 1. The van der Waals surface area contributed by atoms with Crippen LogP contribution in [0.25, 0.3) is 0 Å². The number of hydrogen-bond acceptors (Lipinski definition) is 1. The molecule has 14 heavy (non-hydrogen) atoms. The van der Waals surface area contributed by atoms with E-state index < -0.39 is 0 Å². The number of aromatic nitrogens is 1. The van der Waals surface area contributed by atoms with Gasteiger partial charge in [-0.05, 0) is 34.5 Å². The zero-order valence-corrected chi connectivity index (χ0v) is 10.7. The predicted octanol–water partition coefficient (Wildman–Crippen LogP) is 3.41. The van der Waals surface area contributed by atoms with Crippen LogP contribution in [0, 0.1) is 5.41 Å². The second kappa shape index (κ2) is 3.89. The maximum absolute atomic E-state index is 12.1. The van der Waals surface area contributed by atoms with E-state index in [4.69, 9.17) is 0 Å². The SMILES string of the molecule is CCC(C)(C)C(=O)c1ccc(Br)n1C. The number of ketones is 1. The Morgan fingerprint density at radius 2 is 2.07 bits per heavy atom. The number of halogens is 1. The predicted molar refractivity (Wildman–Crippen MR) is 61.5 cm³/mol. The highest BCUT2D eigenvalue weighted by Gasteiger charge is 2.28. The zero-order chi connectivity index (χ0) is 10.9. The molecule has 0 aliphatic heterocycles. The van der Waals surface area contributed by atoms with Gasteiger partial charge in [-0.1, -0.05) is 20.8 Å². The summed E-state index contributed by atoms with van der Waals surface area (Å²) in [5.74, 6) is 0.202. The van der Waals surface area contributed by atoms with E-state index in [0.717, 1.165) is 16.7 Å². The fourth-order valence-electron chi connectivity index (χ4n) is 1.22. The molecule has 1 aromatic rings. The van der Waals surface area contributed by atoms with Gasteiger partial charge in [0, 0.05) is 12.5 Å². The molecule has 0 saturated carbocycles. The Labute approximate surface area is 93.4 Å². The Kier molecular flexibility index (Phi) is 3.20. The van der Waals surface area contributed by atoms with E-state index in [2.05, 4.69) is 15.9 Å². The number of carbonyl (C=O) groups is 1. The van der Waals surface area contributed by atoms with Crippen molar-refractivity contribution in [1.82, 2.24) is 4.57 Å². The van der Waals surface area contributed by atoms with Crippen LogP contribution in [0.15, 0.2) is 16.7 Å². The van der Waals surface area contributed by atoms with Crippen molar-refractivity contribution in [3.8, 4) is 0 Å². The van der Waals surface area contributed by atoms with Crippen LogP contribution in [-0.2, 0) is 7.05 Å². The summed E-state index contributed by atoms with van der Waals surface area (Å²) >= 11 is 3.38. The summed E-state index contributed by atoms with van der Waals surface area (Å²) in [7, 11) is 1.89. The van der Waals surface area contributed by atoms with Gasteiger partial charge in [-0.2, -0.15) is 0 Å². The summed E-state index contributed by atoms with van der Waals surface area (Å²) in [6.07, 6.45) is 0.856. The quantitative estimate of drug-likeness (QED) is 0.761. The average Bonchev–Trinajstić information content (AvgIpc) is 2.47. The number of Topliss-reactive ketones (excluding diaryl/α,β-unsaturated/α-hetero) is 1. The highest BCUT2D eigenvalue weighted by atomic mass is 79.9. The van der Waals surface area contributed by atoms with E-state index in [1.54, 1.807) is 0 Å². The van der Waals surface area contributed by atoms with Crippen LogP contribution in [0.2, 0.25) is 0 Å². The van der Waals surface area contributed by atoms with Crippen LogP contribution in [-0.4, -0.2) is 10.4 Å². The normalized spacial score (nSPS) is 11.8. The number of hydrogen-bond donors (Lipinski definition) is 0. The van der Waals surface area contributed by atoms with Gasteiger partial charge in [0.2, 0.25) is 0 Å². The van der Waals surface area contributed by atoms with E-state index in [1.807, 2.05) is 44.5 Å². The van der Waals surface area contributed by atoms with Crippen molar-refractivity contribution in [2.24, 2.45) is 12.5 Å². The van der Waals surface area contributed by atoms with Crippen molar-refractivity contribution in [2.75, 3.05) is 0 Å². The van der Waals surface area contributed by atoms with Gasteiger partial charge in [-0.25, -0.2) is 0 Å². The Bertz CT molecular complexity index is 352. The lowest BCUT2D eigenvalue weighted by Gasteiger charge is -2.21. The standard InChI is InChI=1S/C11H16BrNO/c1-5-11(2,3)10(14)8-6-7-9(12)13(8)4/h6-7H,5H2,1-4H3. The third-order valence-electron chi connectivity index (χ3n) is 2.79. The Morgan fingerprint density at radius 1 is 1.50 bits per heavy atom. The Morgan fingerprint density at radius 3 is 2.43 bits per heavy atom. The van der Waals surface area contributed by atoms with Gasteiger partial charge in [0.15, 0.2) is 5.78 Å². The zero-order valence-electron chi connectivity index (χ0n) is 9.10. The van der Waals surface area contributed by atoms with Gasteiger partial charge in [-0.15, -0.1) is 0 Å². The minimum Gasteiger partial charge on any atom is -0.336 e. The molecule has 0 radical (unpaired) electrons. The highest BCUT2D eigenvalue weighted by molar-refractivity contribution is 9.10. The van der Waals surface area contributed by atoms with Crippen LogP contribution in [0.4, 0.5) is 0 Å². The van der Waals surface area contributed by atoms with Crippen LogP contribution >= 0.6 is 15.9 Å². The summed E-state index contributed by atoms with van der Waals surface area (Å²) < 4.78 is 2.81. The maximum Gasteiger partial charge on any atom is 0.184 e. The topological polar surface area (TPSA) is 22.0 Å². The van der Waals surface area contributed by atoms with Crippen molar-refractivity contribution >= 4 is 21.7 Å². The molecule has 0 fully saturated rings. The third-order valence-corrected chi connectivity index (χ3v) is 3.59. The molecule has 0 atom stereocenters. The van der Waals surface area contributed by atoms with Gasteiger partial charge in [0.1, 0.15) is 0 Å². The molecule has 1 rings (SSSR count). The van der Waals surface area contributed by atoms with E-state index >= 15 is 0 Å². The van der Waals surface area contributed by atoms with Gasteiger partial charge in [0.05, 0.1) is 10.3 Å². The molecule has 0 bridgehead atoms. The molecular formula is C11H16BrNO. The van der Waals surface area contributed by atoms with Gasteiger partial charge in [-0.3, -0.25) is 4.79 Å². The second-order valence-corrected chi connectivity index (χ2v) is 4.98. The first-order chi connectivity index (χ1) is 6.40. The molecule has 0 aliphatic carbocycles. The second-order valence-electron chi connectivity index (χ2n) is 4.17. The molecule has 0 aliphatic rings. The molecule has 1 aromatic heterocycles. The van der Waals surface area contributed by atoms with Crippen LogP contribution in [0.5, 0.6) is 0 Å². The molecule has 2 nitrogen and oxygen atoms in total. The first kappa shape index (κ1) is 11.5. The molecule has 0 aromatic carbocycles. The van der Waals surface area contributed by atoms with Crippen molar-refractivity contribution in [2.45, 2.75) is 27.2 Å². The van der Waals surface area contributed by atoms with E-state index in [1.165, 1.54) is 0 Å². The summed E-state index contributed by atoms with van der Waals surface area (Å²) in [6.45, 7) is 6.00.